The molecule has 0 saturated heterocycles. The first-order chi connectivity index (χ1) is 21.8. The van der Waals surface area contributed by atoms with Gasteiger partial charge in [0.2, 0.25) is 0 Å². The fourth-order valence-electron chi connectivity index (χ4n) is 7.82. The van der Waals surface area contributed by atoms with Gasteiger partial charge in [-0.1, -0.05) is 153 Å². The van der Waals surface area contributed by atoms with Crippen LogP contribution >= 0.6 is 15.8 Å². The minimum Gasteiger partial charge on any atom is -0.241 e. The Kier molecular flexibility index (Phi) is 9.53. The third-order valence-corrected chi connectivity index (χ3v) is 16.1. The number of rotatable bonds is 9. The molecule has 226 valence electrons. The van der Waals surface area contributed by atoms with E-state index in [-0.39, 0.29) is 19.9 Å². The van der Waals surface area contributed by atoms with E-state index in [9.17, 15) is 0 Å². The zero-order chi connectivity index (χ0) is 29.7. The summed E-state index contributed by atoms with van der Waals surface area (Å²) >= 11 is 0. The molecule has 3 aromatic carbocycles. The van der Waals surface area contributed by atoms with Gasteiger partial charge in [0.1, 0.15) is 5.69 Å². The summed E-state index contributed by atoms with van der Waals surface area (Å²) in [7, 11) is -1.04. The summed E-state index contributed by atoms with van der Waals surface area (Å²) in [5.74, 6) is 0.278. The molecule has 2 saturated carbocycles. The summed E-state index contributed by atoms with van der Waals surface area (Å²) < 4.78 is 2.44. The van der Waals surface area contributed by atoms with Crippen LogP contribution < -0.4 is 16.0 Å². The number of allylic oxidation sites excluding steroid dienone is 4. The number of aromatic nitrogens is 3. The summed E-state index contributed by atoms with van der Waals surface area (Å²) in [5.41, 5.74) is 5.44. The molecule has 0 aliphatic heterocycles. The molecule has 0 amide bonds. The maximum atomic E-state index is 5.12. The zero-order valence-corrected chi connectivity index (χ0v) is 27.8. The second-order valence-corrected chi connectivity index (χ2v) is 17.7. The minimum absolute atomic E-state index is 0.189. The summed E-state index contributed by atoms with van der Waals surface area (Å²) in [4.78, 5) is 0. The zero-order valence-electron chi connectivity index (χ0n) is 26.0. The van der Waals surface area contributed by atoms with Gasteiger partial charge in [-0.25, -0.2) is 4.68 Å². The van der Waals surface area contributed by atoms with Crippen LogP contribution in [0, 0.1) is 5.92 Å². The lowest BCUT2D eigenvalue weighted by Gasteiger charge is -2.39. The molecule has 4 aromatic rings. The molecule has 3 nitrogen and oxygen atoms in total. The van der Waals surface area contributed by atoms with Crippen molar-refractivity contribution in [3.05, 3.63) is 115 Å². The molecule has 1 heterocycles. The molecule has 0 bridgehead atoms. The van der Waals surface area contributed by atoms with E-state index in [0.29, 0.717) is 0 Å². The Labute approximate surface area is 266 Å². The topological polar surface area (TPSA) is 30.7 Å². The first-order valence-electron chi connectivity index (χ1n) is 16.9. The standard InChI is InChI=1S/C39H45N3P2/c1-30(36-28-17-29-37(36)43(32-20-9-3-10-21-32)33-22-11-4-12-23-33)42-39(38(40-41-42)31-18-7-2-8-19-31)44(34-24-13-5-14-25-34)35-26-15-6-16-27-35/h2-4,7-12,17-23,28-30,34-36H,5-6,13-16,24-27H2,1H3/t30-,36?/m0/s1. The molecule has 0 N–H and O–H groups in total. The van der Waals surface area contributed by atoms with E-state index in [1.165, 1.54) is 91.1 Å². The predicted molar refractivity (Wildman–Crippen MR) is 190 cm³/mol. The Bertz CT molecular complexity index is 1490. The van der Waals surface area contributed by atoms with Crippen molar-refractivity contribution in [3.8, 4) is 11.3 Å². The number of hydrogen-bond acceptors (Lipinski definition) is 2. The highest BCUT2D eigenvalue weighted by atomic mass is 31.1. The molecular formula is C39H45N3P2. The molecule has 44 heavy (non-hydrogen) atoms. The van der Waals surface area contributed by atoms with Crippen molar-refractivity contribution in [1.82, 2.24) is 15.0 Å². The molecule has 3 aliphatic rings. The molecular weight excluding hydrogens is 572 g/mol. The van der Waals surface area contributed by atoms with Gasteiger partial charge in [-0.15, -0.1) is 5.10 Å². The van der Waals surface area contributed by atoms with E-state index < -0.39 is 7.92 Å². The second-order valence-electron chi connectivity index (χ2n) is 12.8. The highest BCUT2D eigenvalue weighted by Gasteiger charge is 2.39. The molecule has 3 aliphatic carbocycles. The lowest BCUT2D eigenvalue weighted by atomic mass is 9.99. The van der Waals surface area contributed by atoms with Crippen LogP contribution in [0.15, 0.2) is 115 Å². The fourth-order valence-corrected chi connectivity index (χ4v) is 14.5. The van der Waals surface area contributed by atoms with Crippen LogP contribution in [0.4, 0.5) is 0 Å². The molecule has 7 rings (SSSR count). The van der Waals surface area contributed by atoms with Gasteiger partial charge in [0, 0.05) is 11.5 Å². The number of benzene rings is 3. The average Bonchev–Trinajstić information content (AvgIpc) is 3.76. The number of hydrogen-bond donors (Lipinski definition) is 0. The minimum atomic E-state index is -0.658. The van der Waals surface area contributed by atoms with E-state index >= 15 is 0 Å². The maximum Gasteiger partial charge on any atom is 0.120 e. The van der Waals surface area contributed by atoms with Crippen molar-refractivity contribution >= 4 is 31.9 Å². The summed E-state index contributed by atoms with van der Waals surface area (Å²) in [6.07, 6.45) is 21.0. The monoisotopic (exact) mass is 617 g/mol. The van der Waals surface area contributed by atoms with Crippen LogP contribution in [-0.4, -0.2) is 26.3 Å². The van der Waals surface area contributed by atoms with Crippen LogP contribution in [0.1, 0.15) is 77.2 Å². The lowest BCUT2D eigenvalue weighted by Crippen LogP contribution is -2.34. The van der Waals surface area contributed by atoms with Gasteiger partial charge in [-0.05, 0) is 75.7 Å². The molecule has 0 radical (unpaired) electrons. The first kappa shape index (κ1) is 29.8. The van der Waals surface area contributed by atoms with E-state index in [4.69, 9.17) is 10.3 Å². The van der Waals surface area contributed by atoms with Crippen LogP contribution in [0.5, 0.6) is 0 Å². The normalized spacial score (nSPS) is 20.3. The fraction of sp³-hybridized carbons (Fsp3) is 0.385. The molecule has 0 spiro atoms. The van der Waals surface area contributed by atoms with Crippen molar-refractivity contribution in [1.29, 1.82) is 0 Å². The van der Waals surface area contributed by atoms with Crippen LogP contribution in [0.2, 0.25) is 0 Å². The summed E-state index contributed by atoms with van der Waals surface area (Å²) in [6.45, 7) is 2.42. The first-order valence-corrected chi connectivity index (χ1v) is 19.7. The quantitative estimate of drug-likeness (QED) is 0.175. The Hall–Kier alpha value is -2.86. The van der Waals surface area contributed by atoms with Gasteiger partial charge in [0.25, 0.3) is 0 Å². The second kappa shape index (κ2) is 14.1. The van der Waals surface area contributed by atoms with E-state index in [1.807, 2.05) is 0 Å². The Morgan fingerprint density at radius 1 is 0.682 bits per heavy atom. The molecule has 5 heteroatoms. The van der Waals surface area contributed by atoms with Crippen molar-refractivity contribution in [2.45, 2.75) is 88.5 Å². The Morgan fingerprint density at radius 2 is 1.20 bits per heavy atom. The Balaban J connectivity index is 1.33. The molecule has 1 aromatic heterocycles. The highest BCUT2D eigenvalue weighted by Crippen LogP contribution is 2.57. The van der Waals surface area contributed by atoms with Crippen molar-refractivity contribution in [2.24, 2.45) is 5.92 Å². The molecule has 2 fully saturated rings. The van der Waals surface area contributed by atoms with Crippen LogP contribution in [0.3, 0.4) is 0 Å². The van der Waals surface area contributed by atoms with Crippen molar-refractivity contribution < 1.29 is 0 Å². The van der Waals surface area contributed by atoms with Crippen molar-refractivity contribution in [2.75, 3.05) is 0 Å². The van der Waals surface area contributed by atoms with Crippen LogP contribution in [0.25, 0.3) is 11.3 Å². The van der Waals surface area contributed by atoms with E-state index in [1.54, 1.807) is 0 Å². The number of nitrogens with zero attached hydrogens (tertiary/aromatic N) is 3. The predicted octanol–water partition coefficient (Wildman–Crippen LogP) is 9.48. The van der Waals surface area contributed by atoms with Gasteiger partial charge >= 0.3 is 0 Å². The van der Waals surface area contributed by atoms with Crippen LogP contribution in [-0.2, 0) is 0 Å². The van der Waals surface area contributed by atoms with Gasteiger partial charge in [-0.2, -0.15) is 0 Å². The maximum absolute atomic E-state index is 5.12. The SMILES string of the molecule is C[C@@H](C1C=CC=C1P(c1ccccc1)c1ccccc1)n1nnc(-c2ccccc2)c1P(C1CCCCC1)C1CCCCC1. The van der Waals surface area contributed by atoms with Gasteiger partial charge in [0.05, 0.1) is 11.5 Å². The largest absolute Gasteiger partial charge is 0.241 e. The lowest BCUT2D eigenvalue weighted by molar-refractivity contribution is 0.428. The van der Waals surface area contributed by atoms with Crippen molar-refractivity contribution in [3.63, 3.8) is 0 Å². The van der Waals surface area contributed by atoms with Gasteiger partial charge in [0.15, 0.2) is 0 Å². The van der Waals surface area contributed by atoms with Gasteiger partial charge in [-0.3, -0.25) is 0 Å². The molecule has 2 atom stereocenters. The van der Waals surface area contributed by atoms with E-state index in [0.717, 1.165) is 17.0 Å². The Morgan fingerprint density at radius 3 is 1.75 bits per heavy atom. The molecule has 1 unspecified atom stereocenters. The summed E-state index contributed by atoms with van der Waals surface area (Å²) in [5, 5.41) is 14.5. The smallest absolute Gasteiger partial charge is 0.120 e. The van der Waals surface area contributed by atoms with E-state index in [2.05, 4.69) is 121 Å². The summed E-state index contributed by atoms with van der Waals surface area (Å²) in [6, 6.07) is 33.5. The third-order valence-electron chi connectivity index (χ3n) is 10.0. The third kappa shape index (κ3) is 6.16. The average molecular weight is 618 g/mol. The van der Waals surface area contributed by atoms with Gasteiger partial charge < -0.3 is 0 Å². The highest BCUT2D eigenvalue weighted by molar-refractivity contribution is 7.76.